The summed E-state index contributed by atoms with van der Waals surface area (Å²) >= 11 is 0. The molecule has 2 aromatic carbocycles. The van der Waals surface area contributed by atoms with Crippen LogP contribution in [-0.4, -0.2) is 33.0 Å². The van der Waals surface area contributed by atoms with Crippen LogP contribution in [0.5, 0.6) is 0 Å². The van der Waals surface area contributed by atoms with Crippen LogP contribution in [0.25, 0.3) is 21.8 Å². The van der Waals surface area contributed by atoms with E-state index in [2.05, 4.69) is 25.8 Å². The Bertz CT molecular complexity index is 1180. The minimum absolute atomic E-state index is 0.286. The summed E-state index contributed by atoms with van der Waals surface area (Å²) in [6, 6.07) is 11.1. The molecule has 0 aliphatic rings. The van der Waals surface area contributed by atoms with Gasteiger partial charge in [0, 0.05) is 35.8 Å². The lowest BCUT2D eigenvalue weighted by Crippen LogP contribution is -2.44. The van der Waals surface area contributed by atoms with Gasteiger partial charge in [-0.15, -0.1) is 0 Å². The summed E-state index contributed by atoms with van der Waals surface area (Å²) in [5.41, 5.74) is 2.35. The monoisotopic (exact) mass is 379 g/mol. The van der Waals surface area contributed by atoms with E-state index in [-0.39, 0.29) is 11.7 Å². The lowest BCUT2D eigenvalue weighted by Gasteiger charge is -2.16. The Hall–Kier alpha value is -3.68. The van der Waals surface area contributed by atoms with E-state index < -0.39 is 17.8 Å². The van der Waals surface area contributed by atoms with E-state index in [1.165, 1.54) is 25.1 Å². The van der Waals surface area contributed by atoms with Gasteiger partial charge in [-0.25, -0.2) is 4.39 Å². The molecule has 0 saturated heterocycles. The van der Waals surface area contributed by atoms with Gasteiger partial charge in [0.2, 0.25) is 11.8 Å². The molecule has 1 atom stereocenters. The molecule has 0 radical (unpaired) electrons. The van der Waals surface area contributed by atoms with E-state index in [0.29, 0.717) is 17.3 Å². The normalized spacial score (nSPS) is 12.2. The first-order valence-corrected chi connectivity index (χ1v) is 8.78. The number of hydrogen-bond acceptors (Lipinski definition) is 3. The highest BCUT2D eigenvalue weighted by Gasteiger charge is 2.23. The molecule has 2 heterocycles. The Labute approximate surface area is 159 Å². The highest BCUT2D eigenvalue weighted by Crippen LogP contribution is 2.22. The summed E-state index contributed by atoms with van der Waals surface area (Å²) in [7, 11) is 0. The van der Waals surface area contributed by atoms with Crippen molar-refractivity contribution in [1.29, 1.82) is 0 Å². The molecule has 4 N–H and O–H groups in total. The number of nitrogens with zero attached hydrogens (tertiary/aromatic N) is 1. The summed E-state index contributed by atoms with van der Waals surface area (Å²) < 4.78 is 13.3. The molecule has 0 bridgehead atoms. The van der Waals surface area contributed by atoms with Crippen LogP contribution in [-0.2, 0) is 16.0 Å². The number of aromatic nitrogens is 3. The molecule has 0 saturated carbocycles. The predicted octanol–water partition coefficient (Wildman–Crippen LogP) is 2.87. The fourth-order valence-electron chi connectivity index (χ4n) is 3.27. The molecule has 0 aliphatic heterocycles. The molecule has 1 unspecified atom stereocenters. The van der Waals surface area contributed by atoms with Gasteiger partial charge in [-0.2, -0.15) is 5.10 Å². The zero-order valence-corrected chi connectivity index (χ0v) is 15.0. The average Bonchev–Trinajstić information content (AvgIpc) is 3.25. The molecule has 0 aliphatic carbocycles. The Balaban J connectivity index is 1.59. The minimum Gasteiger partial charge on any atom is -0.361 e. The fourth-order valence-corrected chi connectivity index (χ4v) is 3.27. The second kappa shape index (κ2) is 7.15. The van der Waals surface area contributed by atoms with Crippen LogP contribution in [0.3, 0.4) is 0 Å². The Morgan fingerprint density at radius 3 is 2.79 bits per heavy atom. The average molecular weight is 379 g/mol. The molecular weight excluding hydrogens is 361 g/mol. The highest BCUT2D eigenvalue weighted by molar-refractivity contribution is 6.03. The van der Waals surface area contributed by atoms with Gasteiger partial charge in [0.1, 0.15) is 11.9 Å². The van der Waals surface area contributed by atoms with Crippen molar-refractivity contribution in [2.45, 2.75) is 19.4 Å². The Morgan fingerprint density at radius 2 is 1.96 bits per heavy atom. The zero-order valence-electron chi connectivity index (χ0n) is 15.0. The van der Waals surface area contributed by atoms with E-state index in [9.17, 15) is 14.0 Å². The molecule has 4 aromatic rings. The first-order chi connectivity index (χ1) is 13.5. The zero-order chi connectivity index (χ0) is 19.7. The fraction of sp³-hybridized carbons (Fsp3) is 0.150. The van der Waals surface area contributed by atoms with Crippen LogP contribution in [0, 0.1) is 5.82 Å². The summed E-state index contributed by atoms with van der Waals surface area (Å²) in [4.78, 5) is 27.7. The van der Waals surface area contributed by atoms with Crippen molar-refractivity contribution in [2.24, 2.45) is 0 Å². The topological polar surface area (TPSA) is 103 Å². The minimum atomic E-state index is -0.788. The van der Waals surface area contributed by atoms with Gasteiger partial charge in [0.15, 0.2) is 5.82 Å². The third-order valence-electron chi connectivity index (χ3n) is 4.56. The molecular formula is C20H18FN5O2. The highest BCUT2D eigenvalue weighted by atomic mass is 19.1. The van der Waals surface area contributed by atoms with Crippen molar-refractivity contribution in [2.75, 3.05) is 5.32 Å². The molecule has 0 fully saturated rings. The van der Waals surface area contributed by atoms with Crippen LogP contribution < -0.4 is 10.6 Å². The number of aromatic amines is 2. The van der Waals surface area contributed by atoms with E-state index in [1.807, 2.05) is 30.5 Å². The maximum atomic E-state index is 13.3. The van der Waals surface area contributed by atoms with Crippen molar-refractivity contribution >= 4 is 39.4 Å². The second-order valence-electron chi connectivity index (χ2n) is 6.57. The number of rotatable bonds is 5. The Morgan fingerprint density at radius 1 is 1.14 bits per heavy atom. The largest absolute Gasteiger partial charge is 0.361 e. The first-order valence-electron chi connectivity index (χ1n) is 8.78. The van der Waals surface area contributed by atoms with Crippen molar-refractivity contribution in [1.82, 2.24) is 20.5 Å². The predicted molar refractivity (Wildman–Crippen MR) is 104 cm³/mol. The van der Waals surface area contributed by atoms with E-state index in [4.69, 9.17) is 0 Å². The number of fused-ring (bicyclic) bond motifs is 2. The number of hydrogen-bond donors (Lipinski definition) is 4. The molecule has 0 spiro atoms. The van der Waals surface area contributed by atoms with Crippen LogP contribution in [0.2, 0.25) is 0 Å². The number of halogens is 1. The quantitative estimate of drug-likeness (QED) is 0.429. The summed E-state index contributed by atoms with van der Waals surface area (Å²) in [6.45, 7) is 1.36. The number of H-pyrrole nitrogens is 2. The number of carbonyl (C=O) groups is 2. The second-order valence-corrected chi connectivity index (χ2v) is 6.57. The van der Waals surface area contributed by atoms with Crippen LogP contribution in [0.4, 0.5) is 10.2 Å². The summed E-state index contributed by atoms with van der Waals surface area (Å²) in [5.74, 6) is -0.828. The summed E-state index contributed by atoms with van der Waals surface area (Å²) in [5, 5.41) is 13.7. The van der Waals surface area contributed by atoms with Gasteiger partial charge >= 0.3 is 0 Å². The molecule has 7 nitrogen and oxygen atoms in total. The number of para-hydroxylation sites is 1. The van der Waals surface area contributed by atoms with Crippen molar-refractivity contribution in [3.8, 4) is 0 Å². The van der Waals surface area contributed by atoms with Gasteiger partial charge in [-0.1, -0.05) is 18.2 Å². The van der Waals surface area contributed by atoms with E-state index in [1.54, 1.807) is 0 Å². The lowest BCUT2D eigenvalue weighted by molar-refractivity contribution is -0.125. The van der Waals surface area contributed by atoms with E-state index in [0.717, 1.165) is 16.5 Å². The van der Waals surface area contributed by atoms with Crippen molar-refractivity contribution < 1.29 is 14.0 Å². The van der Waals surface area contributed by atoms with Crippen molar-refractivity contribution in [3.63, 3.8) is 0 Å². The number of carbonyl (C=O) groups excluding carboxylic acids is 2. The van der Waals surface area contributed by atoms with Gasteiger partial charge < -0.3 is 15.6 Å². The molecule has 2 aromatic heterocycles. The number of nitrogens with one attached hydrogen (secondary N) is 4. The molecule has 8 heteroatoms. The van der Waals surface area contributed by atoms with Crippen LogP contribution in [0.1, 0.15) is 12.5 Å². The third kappa shape index (κ3) is 3.44. The van der Waals surface area contributed by atoms with Gasteiger partial charge in [0.05, 0.1) is 5.52 Å². The third-order valence-corrected chi connectivity index (χ3v) is 4.56. The van der Waals surface area contributed by atoms with Gasteiger partial charge in [0.25, 0.3) is 0 Å². The van der Waals surface area contributed by atoms with E-state index >= 15 is 0 Å². The number of anilines is 1. The maximum absolute atomic E-state index is 13.3. The Kier molecular flexibility index (Phi) is 4.52. The summed E-state index contributed by atoms with van der Waals surface area (Å²) in [6.07, 6.45) is 2.14. The van der Waals surface area contributed by atoms with Crippen LogP contribution >= 0.6 is 0 Å². The van der Waals surface area contributed by atoms with Gasteiger partial charge in [-0.05, 0) is 29.8 Å². The molecule has 28 heavy (non-hydrogen) atoms. The number of amides is 2. The molecule has 4 rings (SSSR count). The SMILES string of the molecule is CC(=O)NC(Cc1c[nH]c2ccccc12)C(=O)Nc1n[nH]c2cc(F)ccc12. The van der Waals surface area contributed by atoms with Gasteiger partial charge in [-0.3, -0.25) is 14.7 Å². The smallest absolute Gasteiger partial charge is 0.248 e. The molecule has 2 amide bonds. The maximum Gasteiger partial charge on any atom is 0.248 e. The standard InChI is InChI=1S/C20H18FN5O2/c1-11(27)23-18(8-12-10-22-16-5-3-2-4-14(12)16)20(28)24-19-15-7-6-13(21)9-17(15)25-26-19/h2-7,9-10,18,22H,8H2,1H3,(H,23,27)(H2,24,25,26,28). The van der Waals surface area contributed by atoms with Crippen LogP contribution in [0.15, 0.2) is 48.7 Å². The lowest BCUT2D eigenvalue weighted by atomic mass is 10.0. The number of benzene rings is 2. The molecule has 142 valence electrons. The first kappa shape index (κ1) is 17.7. The van der Waals surface area contributed by atoms with Crippen molar-refractivity contribution in [3.05, 3.63) is 60.0 Å².